The Hall–Kier alpha value is -3.75. The molecule has 4 aromatic rings. The van der Waals surface area contributed by atoms with E-state index in [1.807, 2.05) is 4.68 Å². The molecule has 1 aromatic carbocycles. The number of esters is 1. The molecule has 3 heterocycles. The molecule has 0 saturated carbocycles. The lowest BCUT2D eigenvalue weighted by molar-refractivity contribution is 0.0526. The minimum atomic E-state index is -0.448. The Balaban J connectivity index is 1.74. The second kappa shape index (κ2) is 7.94. The number of carbonyl (C=O) groups excluding carboxylic acids is 1. The molecule has 9 heteroatoms. The Kier molecular flexibility index (Phi) is 5.18. The summed E-state index contributed by atoms with van der Waals surface area (Å²) in [6, 6.07) is 8.27. The molecule has 0 bridgehead atoms. The number of hydrogen-bond acceptors (Lipinski definition) is 7. The molecule has 9 nitrogen and oxygen atoms in total. The third kappa shape index (κ3) is 3.49. The highest BCUT2D eigenvalue weighted by molar-refractivity contribution is 5.88. The molecule has 1 atom stereocenters. The molecule has 0 aliphatic rings. The van der Waals surface area contributed by atoms with Crippen LogP contribution >= 0.6 is 0 Å². The van der Waals surface area contributed by atoms with Gasteiger partial charge in [-0.2, -0.15) is 15.2 Å². The fourth-order valence-electron chi connectivity index (χ4n) is 3.20. The van der Waals surface area contributed by atoms with Crippen LogP contribution in [0, 0.1) is 6.92 Å². The molecule has 1 unspecified atom stereocenters. The van der Waals surface area contributed by atoms with Crippen molar-refractivity contribution in [1.29, 1.82) is 0 Å². The van der Waals surface area contributed by atoms with Gasteiger partial charge in [-0.05, 0) is 26.3 Å². The van der Waals surface area contributed by atoms with Gasteiger partial charge in [0.15, 0.2) is 0 Å². The fraction of sp³-hybridized carbons (Fsp3) is 0.286. The van der Waals surface area contributed by atoms with E-state index in [0.717, 1.165) is 5.56 Å². The second-order valence-electron chi connectivity index (χ2n) is 6.84. The van der Waals surface area contributed by atoms with E-state index in [4.69, 9.17) is 9.47 Å². The summed E-state index contributed by atoms with van der Waals surface area (Å²) < 4.78 is 13.8. The van der Waals surface area contributed by atoms with Gasteiger partial charge in [-0.15, -0.1) is 0 Å². The van der Waals surface area contributed by atoms with Gasteiger partial charge in [0, 0.05) is 6.20 Å². The smallest absolute Gasteiger partial charge is 0.341 e. The third-order valence-electron chi connectivity index (χ3n) is 4.82. The summed E-state index contributed by atoms with van der Waals surface area (Å²) in [5.41, 5.74) is 3.94. The van der Waals surface area contributed by atoms with Gasteiger partial charge in [-0.25, -0.2) is 14.5 Å². The summed E-state index contributed by atoms with van der Waals surface area (Å²) in [7, 11) is 1.55. The summed E-state index contributed by atoms with van der Waals surface area (Å²) in [4.78, 5) is 20.9. The number of benzene rings is 1. The average molecular weight is 406 g/mol. The minimum Gasteiger partial charge on any atom is -0.479 e. The Morgan fingerprint density at radius 3 is 2.60 bits per heavy atom. The Bertz CT molecular complexity index is 1200. The van der Waals surface area contributed by atoms with E-state index in [-0.39, 0.29) is 12.0 Å². The highest BCUT2D eigenvalue weighted by Gasteiger charge is 2.20. The van der Waals surface area contributed by atoms with Gasteiger partial charge in [0.1, 0.15) is 11.0 Å². The Morgan fingerprint density at radius 2 is 1.90 bits per heavy atom. The molecule has 154 valence electrons. The zero-order chi connectivity index (χ0) is 21.3. The predicted octanol–water partition coefficient (Wildman–Crippen LogP) is 3.12. The quantitative estimate of drug-likeness (QED) is 0.454. The third-order valence-corrected chi connectivity index (χ3v) is 4.82. The van der Waals surface area contributed by atoms with Crippen LogP contribution in [0.15, 0.2) is 42.9 Å². The van der Waals surface area contributed by atoms with Crippen molar-refractivity contribution in [3.8, 4) is 11.8 Å². The van der Waals surface area contributed by atoms with Gasteiger partial charge in [0.2, 0.25) is 5.88 Å². The topological polar surface area (TPSA) is 97.0 Å². The van der Waals surface area contributed by atoms with Crippen molar-refractivity contribution in [2.45, 2.75) is 26.8 Å². The van der Waals surface area contributed by atoms with Crippen LogP contribution in [-0.4, -0.2) is 49.2 Å². The zero-order valence-electron chi connectivity index (χ0n) is 17.2. The molecule has 4 rings (SSSR count). The number of nitrogens with zero attached hydrogens (tertiary/aromatic N) is 6. The van der Waals surface area contributed by atoms with Gasteiger partial charge < -0.3 is 9.47 Å². The molecular weight excluding hydrogens is 384 g/mol. The molecule has 0 saturated heterocycles. The van der Waals surface area contributed by atoms with E-state index in [1.165, 1.54) is 22.6 Å². The van der Waals surface area contributed by atoms with Gasteiger partial charge in [-0.1, -0.05) is 29.8 Å². The summed E-state index contributed by atoms with van der Waals surface area (Å²) >= 11 is 0. The van der Waals surface area contributed by atoms with Gasteiger partial charge in [0.25, 0.3) is 5.95 Å². The first-order valence-electron chi connectivity index (χ1n) is 9.59. The highest BCUT2D eigenvalue weighted by atomic mass is 16.5. The average Bonchev–Trinajstić information content (AvgIpc) is 3.41. The molecule has 30 heavy (non-hydrogen) atoms. The summed E-state index contributed by atoms with van der Waals surface area (Å²) in [6.07, 6.45) is 4.61. The Morgan fingerprint density at radius 1 is 1.13 bits per heavy atom. The number of fused-ring (bicyclic) bond motifs is 1. The standard InChI is InChI=1S/C21H22N6O3/c1-5-30-20(28)16-10-22-26(12-16)21-24-17-11-23-27(18(17)19(25-21)29-4)14(3)15-8-6-13(2)7-9-15/h6-12,14H,5H2,1-4H3. The predicted molar refractivity (Wildman–Crippen MR) is 110 cm³/mol. The monoisotopic (exact) mass is 406 g/mol. The summed E-state index contributed by atoms with van der Waals surface area (Å²) in [5.74, 6) is 0.202. The first kappa shape index (κ1) is 19.6. The van der Waals surface area contributed by atoms with Crippen LogP contribution < -0.4 is 4.74 Å². The van der Waals surface area contributed by atoms with Crippen molar-refractivity contribution < 1.29 is 14.3 Å². The number of methoxy groups -OCH3 is 1. The van der Waals surface area contributed by atoms with Crippen LogP contribution in [0.5, 0.6) is 5.88 Å². The van der Waals surface area contributed by atoms with Crippen LogP contribution in [0.4, 0.5) is 0 Å². The first-order chi connectivity index (χ1) is 14.5. The first-order valence-corrected chi connectivity index (χ1v) is 9.59. The van der Waals surface area contributed by atoms with Crippen molar-refractivity contribution in [1.82, 2.24) is 29.5 Å². The van der Waals surface area contributed by atoms with E-state index in [2.05, 4.69) is 58.3 Å². The maximum absolute atomic E-state index is 11.9. The molecule has 0 radical (unpaired) electrons. The highest BCUT2D eigenvalue weighted by Crippen LogP contribution is 2.28. The SMILES string of the molecule is CCOC(=O)c1cnn(-c2nc(OC)c3c(cnn3C(C)c3ccc(C)cc3)n2)c1. The molecule has 0 fully saturated rings. The van der Waals surface area contributed by atoms with E-state index < -0.39 is 5.97 Å². The fourth-order valence-corrected chi connectivity index (χ4v) is 3.20. The molecule has 0 spiro atoms. The van der Waals surface area contributed by atoms with E-state index in [9.17, 15) is 4.79 Å². The van der Waals surface area contributed by atoms with Crippen molar-refractivity contribution in [3.05, 3.63) is 59.5 Å². The molecule has 0 aliphatic heterocycles. The molecular formula is C21H22N6O3. The number of rotatable bonds is 6. The van der Waals surface area contributed by atoms with Crippen LogP contribution in [0.3, 0.4) is 0 Å². The molecule has 0 aliphatic carbocycles. The zero-order valence-corrected chi connectivity index (χ0v) is 17.2. The maximum atomic E-state index is 11.9. The Labute approximate surface area is 173 Å². The van der Waals surface area contributed by atoms with Crippen LogP contribution in [0.1, 0.15) is 41.4 Å². The number of carbonyl (C=O) groups is 1. The van der Waals surface area contributed by atoms with Crippen molar-refractivity contribution in [2.24, 2.45) is 0 Å². The van der Waals surface area contributed by atoms with E-state index in [0.29, 0.717) is 29.1 Å². The largest absolute Gasteiger partial charge is 0.479 e. The number of aryl methyl sites for hydroxylation is 1. The van der Waals surface area contributed by atoms with Crippen molar-refractivity contribution in [3.63, 3.8) is 0 Å². The lowest BCUT2D eigenvalue weighted by atomic mass is 10.1. The molecule has 3 aromatic heterocycles. The van der Waals surface area contributed by atoms with E-state index >= 15 is 0 Å². The van der Waals surface area contributed by atoms with Crippen molar-refractivity contribution >= 4 is 17.0 Å². The van der Waals surface area contributed by atoms with E-state index in [1.54, 1.807) is 20.2 Å². The minimum absolute atomic E-state index is 0.0356. The summed E-state index contributed by atoms with van der Waals surface area (Å²) in [5, 5.41) is 8.70. The van der Waals surface area contributed by atoms with Crippen LogP contribution in [-0.2, 0) is 4.74 Å². The van der Waals surface area contributed by atoms with Gasteiger partial charge >= 0.3 is 5.97 Å². The van der Waals surface area contributed by atoms with Crippen LogP contribution in [0.25, 0.3) is 17.0 Å². The number of hydrogen-bond donors (Lipinski definition) is 0. The molecule has 0 amide bonds. The maximum Gasteiger partial charge on any atom is 0.341 e. The summed E-state index contributed by atoms with van der Waals surface area (Å²) in [6.45, 7) is 6.15. The molecule has 0 N–H and O–H groups in total. The lowest BCUT2D eigenvalue weighted by Crippen LogP contribution is -2.10. The number of aromatic nitrogens is 6. The van der Waals surface area contributed by atoms with Gasteiger partial charge in [0.05, 0.1) is 37.7 Å². The lowest BCUT2D eigenvalue weighted by Gasteiger charge is -2.15. The van der Waals surface area contributed by atoms with Crippen molar-refractivity contribution in [2.75, 3.05) is 13.7 Å². The second-order valence-corrected chi connectivity index (χ2v) is 6.84. The van der Waals surface area contributed by atoms with Gasteiger partial charge in [-0.3, -0.25) is 4.68 Å². The normalized spacial score (nSPS) is 12.1. The van der Waals surface area contributed by atoms with Crippen LogP contribution in [0.2, 0.25) is 0 Å². The number of ether oxygens (including phenoxy) is 2.